The third-order valence-corrected chi connectivity index (χ3v) is 8.49. The zero-order chi connectivity index (χ0) is 24.3. The van der Waals surface area contributed by atoms with Crippen LogP contribution in [0.4, 0.5) is 11.4 Å². The van der Waals surface area contributed by atoms with E-state index in [1.807, 2.05) is 24.3 Å². The van der Waals surface area contributed by atoms with E-state index >= 15 is 0 Å². The van der Waals surface area contributed by atoms with Crippen LogP contribution >= 0.6 is 0 Å². The SMILES string of the molecule is CC(C)c1ccc(NC(=O)CN2C(=O)CCCc3cc(S(=O)(=O)N4CCCCC4)ccc32)cc1. The highest BCUT2D eigenvalue weighted by Gasteiger charge is 2.29. The minimum atomic E-state index is -3.56. The Morgan fingerprint density at radius 2 is 1.68 bits per heavy atom. The van der Waals surface area contributed by atoms with Gasteiger partial charge in [-0.05, 0) is 73.1 Å². The monoisotopic (exact) mass is 483 g/mol. The predicted octanol–water partition coefficient (Wildman–Crippen LogP) is 4.29. The maximum Gasteiger partial charge on any atom is 0.244 e. The zero-order valence-electron chi connectivity index (χ0n) is 19.9. The molecule has 1 saturated heterocycles. The number of carbonyl (C=O) groups is 2. The molecular formula is C26H33N3O4S. The van der Waals surface area contributed by atoms with Crippen LogP contribution in [0, 0.1) is 0 Å². The summed E-state index contributed by atoms with van der Waals surface area (Å²) in [6.45, 7) is 5.19. The molecule has 0 saturated carbocycles. The van der Waals surface area contributed by atoms with Gasteiger partial charge in [0.2, 0.25) is 21.8 Å². The van der Waals surface area contributed by atoms with Gasteiger partial charge in [-0.1, -0.05) is 32.4 Å². The van der Waals surface area contributed by atoms with Crippen LogP contribution in [0.3, 0.4) is 0 Å². The minimum absolute atomic E-state index is 0.115. The Morgan fingerprint density at radius 3 is 2.35 bits per heavy atom. The van der Waals surface area contributed by atoms with Crippen molar-refractivity contribution in [2.45, 2.75) is 63.2 Å². The lowest BCUT2D eigenvalue weighted by Crippen LogP contribution is -2.38. The number of aryl methyl sites for hydroxylation is 1. The van der Waals surface area contributed by atoms with Crippen LogP contribution < -0.4 is 10.2 Å². The van der Waals surface area contributed by atoms with Crippen LogP contribution in [0.15, 0.2) is 47.4 Å². The summed E-state index contributed by atoms with van der Waals surface area (Å²) in [4.78, 5) is 27.4. The van der Waals surface area contributed by atoms with Gasteiger partial charge in [0.25, 0.3) is 0 Å². The van der Waals surface area contributed by atoms with Gasteiger partial charge in [0.15, 0.2) is 0 Å². The molecule has 0 radical (unpaired) electrons. The second-order valence-corrected chi connectivity index (χ2v) is 11.4. The number of nitrogens with one attached hydrogen (secondary N) is 1. The molecule has 4 rings (SSSR count). The molecule has 34 heavy (non-hydrogen) atoms. The molecule has 8 heteroatoms. The van der Waals surface area contributed by atoms with E-state index in [4.69, 9.17) is 0 Å². The number of hydrogen-bond acceptors (Lipinski definition) is 4. The number of hydrogen-bond donors (Lipinski definition) is 1. The Morgan fingerprint density at radius 1 is 0.971 bits per heavy atom. The Balaban J connectivity index is 1.53. The number of nitrogens with zero attached hydrogens (tertiary/aromatic N) is 2. The van der Waals surface area contributed by atoms with E-state index in [1.165, 1.54) is 10.5 Å². The molecule has 182 valence electrons. The number of fused-ring (bicyclic) bond motifs is 1. The molecule has 2 heterocycles. The van der Waals surface area contributed by atoms with E-state index in [2.05, 4.69) is 19.2 Å². The molecule has 2 aromatic rings. The Labute approximate surface area is 202 Å². The number of amides is 2. The van der Waals surface area contributed by atoms with E-state index in [-0.39, 0.29) is 23.3 Å². The fourth-order valence-electron chi connectivity index (χ4n) is 4.61. The van der Waals surface area contributed by atoms with Crippen molar-refractivity contribution >= 4 is 33.2 Å². The molecular weight excluding hydrogens is 450 g/mol. The normalized spacial score (nSPS) is 17.4. The van der Waals surface area contributed by atoms with Crippen molar-refractivity contribution in [3.8, 4) is 0 Å². The van der Waals surface area contributed by atoms with E-state index in [0.717, 1.165) is 24.8 Å². The van der Waals surface area contributed by atoms with Gasteiger partial charge in [-0.2, -0.15) is 4.31 Å². The summed E-state index contributed by atoms with van der Waals surface area (Å²) >= 11 is 0. The van der Waals surface area contributed by atoms with Gasteiger partial charge >= 0.3 is 0 Å². The number of rotatable bonds is 6. The highest BCUT2D eigenvalue weighted by Crippen LogP contribution is 2.31. The number of anilines is 2. The van der Waals surface area contributed by atoms with Crippen LogP contribution in [0.1, 0.15) is 63.0 Å². The van der Waals surface area contributed by atoms with Crippen molar-refractivity contribution in [3.05, 3.63) is 53.6 Å². The number of piperidine rings is 1. The van der Waals surface area contributed by atoms with Crippen LogP contribution in [0.2, 0.25) is 0 Å². The van der Waals surface area contributed by atoms with Gasteiger partial charge in [-0.3, -0.25) is 9.59 Å². The first-order valence-corrected chi connectivity index (χ1v) is 13.5. The van der Waals surface area contributed by atoms with Crippen molar-refractivity contribution in [3.63, 3.8) is 0 Å². The van der Waals surface area contributed by atoms with Crippen LogP contribution in [-0.2, 0) is 26.0 Å². The van der Waals surface area contributed by atoms with E-state index in [0.29, 0.717) is 49.6 Å². The van der Waals surface area contributed by atoms with E-state index in [1.54, 1.807) is 22.5 Å². The first-order valence-electron chi connectivity index (χ1n) is 12.1. The second-order valence-electron chi connectivity index (χ2n) is 9.41. The minimum Gasteiger partial charge on any atom is -0.325 e. The number of sulfonamides is 1. The molecule has 0 aromatic heterocycles. The fourth-order valence-corrected chi connectivity index (χ4v) is 6.18. The lowest BCUT2D eigenvalue weighted by Gasteiger charge is -2.27. The second kappa shape index (κ2) is 10.3. The van der Waals surface area contributed by atoms with Crippen molar-refractivity contribution < 1.29 is 18.0 Å². The van der Waals surface area contributed by atoms with Crippen molar-refractivity contribution in [1.29, 1.82) is 0 Å². The number of benzene rings is 2. The molecule has 1 fully saturated rings. The predicted molar refractivity (Wildman–Crippen MR) is 134 cm³/mol. The summed E-state index contributed by atoms with van der Waals surface area (Å²) < 4.78 is 27.8. The highest BCUT2D eigenvalue weighted by molar-refractivity contribution is 7.89. The summed E-state index contributed by atoms with van der Waals surface area (Å²) in [6, 6.07) is 12.6. The van der Waals surface area contributed by atoms with Crippen molar-refractivity contribution in [2.24, 2.45) is 0 Å². The first-order chi connectivity index (χ1) is 16.3. The van der Waals surface area contributed by atoms with Crippen LogP contribution in [0.5, 0.6) is 0 Å². The molecule has 2 aliphatic rings. The summed E-state index contributed by atoms with van der Waals surface area (Å²) in [7, 11) is -3.56. The zero-order valence-corrected chi connectivity index (χ0v) is 20.7. The molecule has 0 bridgehead atoms. The fraction of sp³-hybridized carbons (Fsp3) is 0.462. The number of carbonyl (C=O) groups excluding carboxylic acids is 2. The van der Waals surface area contributed by atoms with Gasteiger partial charge < -0.3 is 10.2 Å². The maximum absolute atomic E-state index is 13.1. The quantitative estimate of drug-likeness (QED) is 0.664. The maximum atomic E-state index is 13.1. The van der Waals surface area contributed by atoms with Gasteiger partial charge in [0.1, 0.15) is 6.54 Å². The molecule has 0 atom stereocenters. The molecule has 7 nitrogen and oxygen atoms in total. The molecule has 2 aromatic carbocycles. The molecule has 0 spiro atoms. The molecule has 0 aliphatic carbocycles. The summed E-state index contributed by atoms with van der Waals surface area (Å²) in [5.74, 6) is -0.0150. The average molecular weight is 484 g/mol. The summed E-state index contributed by atoms with van der Waals surface area (Å²) in [5, 5.41) is 2.87. The standard InChI is InChI=1S/C26H33N3O4S/c1-19(2)20-9-11-22(12-10-20)27-25(30)18-29-24-14-13-23(17-21(24)7-6-8-26(29)31)34(32,33)28-15-4-3-5-16-28/h9-14,17,19H,3-8,15-16,18H2,1-2H3,(H,27,30). The Hall–Kier alpha value is -2.71. The van der Waals surface area contributed by atoms with Gasteiger partial charge in [-0.15, -0.1) is 0 Å². The average Bonchev–Trinajstić information content (AvgIpc) is 2.98. The lowest BCUT2D eigenvalue weighted by atomic mass is 10.0. The van der Waals surface area contributed by atoms with Crippen molar-refractivity contribution in [1.82, 2.24) is 4.31 Å². The van der Waals surface area contributed by atoms with Crippen LogP contribution in [-0.4, -0.2) is 44.2 Å². The highest BCUT2D eigenvalue weighted by atomic mass is 32.2. The molecule has 2 amide bonds. The van der Waals surface area contributed by atoms with E-state index < -0.39 is 10.0 Å². The summed E-state index contributed by atoms with van der Waals surface area (Å²) in [5.41, 5.74) is 3.27. The van der Waals surface area contributed by atoms with Crippen LogP contribution in [0.25, 0.3) is 0 Å². The Bertz CT molecular complexity index is 1150. The smallest absolute Gasteiger partial charge is 0.244 e. The molecule has 1 N–H and O–H groups in total. The third kappa shape index (κ3) is 5.33. The lowest BCUT2D eigenvalue weighted by molar-refractivity contribution is -0.121. The third-order valence-electron chi connectivity index (χ3n) is 6.60. The van der Waals surface area contributed by atoms with Gasteiger partial charge in [0.05, 0.1) is 4.90 Å². The van der Waals surface area contributed by atoms with Gasteiger partial charge in [-0.25, -0.2) is 8.42 Å². The first kappa shape index (κ1) is 24.4. The van der Waals surface area contributed by atoms with E-state index in [9.17, 15) is 18.0 Å². The largest absolute Gasteiger partial charge is 0.325 e. The topological polar surface area (TPSA) is 86.8 Å². The Kier molecular flexibility index (Phi) is 7.38. The molecule has 2 aliphatic heterocycles. The van der Waals surface area contributed by atoms with Gasteiger partial charge in [0, 0.05) is 30.9 Å². The molecule has 0 unspecified atom stereocenters. The summed E-state index contributed by atoms with van der Waals surface area (Å²) in [6.07, 6.45) is 4.34. The van der Waals surface area contributed by atoms with Crippen molar-refractivity contribution in [2.75, 3.05) is 29.9 Å².